The minimum Gasteiger partial charge on any atom is -0.495 e. The highest BCUT2D eigenvalue weighted by atomic mass is 35.5. The van der Waals surface area contributed by atoms with Crippen LogP contribution in [0.4, 0.5) is 0 Å². The summed E-state index contributed by atoms with van der Waals surface area (Å²) in [4.78, 5) is 0. The van der Waals surface area contributed by atoms with Crippen molar-refractivity contribution in [3.05, 3.63) is 28.8 Å². The summed E-state index contributed by atoms with van der Waals surface area (Å²) in [5.74, 6) is 1.50. The molecule has 1 atom stereocenters. The first kappa shape index (κ1) is 11.7. The van der Waals surface area contributed by atoms with Gasteiger partial charge in [0, 0.05) is 6.04 Å². The molecule has 0 radical (unpaired) electrons. The molecule has 1 N–H and O–H groups in total. The third-order valence-corrected chi connectivity index (χ3v) is 3.76. The third-order valence-electron chi connectivity index (χ3n) is 3.47. The molecule has 88 valence electrons. The van der Waals surface area contributed by atoms with E-state index in [1.165, 1.54) is 24.8 Å². The van der Waals surface area contributed by atoms with Gasteiger partial charge < -0.3 is 10.1 Å². The van der Waals surface area contributed by atoms with E-state index in [1.807, 2.05) is 19.2 Å². The fraction of sp³-hybridized carbons (Fsp3) is 0.538. The van der Waals surface area contributed by atoms with Crippen molar-refractivity contribution in [2.75, 3.05) is 14.2 Å². The van der Waals surface area contributed by atoms with Crippen LogP contribution in [0.1, 0.15) is 30.9 Å². The Balaban J connectivity index is 2.21. The van der Waals surface area contributed by atoms with Crippen LogP contribution in [0.2, 0.25) is 5.02 Å². The number of methoxy groups -OCH3 is 1. The van der Waals surface area contributed by atoms with Crippen molar-refractivity contribution in [1.29, 1.82) is 0 Å². The summed E-state index contributed by atoms with van der Waals surface area (Å²) >= 11 is 6.14. The summed E-state index contributed by atoms with van der Waals surface area (Å²) in [6, 6.07) is 6.49. The van der Waals surface area contributed by atoms with Crippen LogP contribution in [-0.4, -0.2) is 14.2 Å². The number of benzene rings is 1. The Kier molecular flexibility index (Phi) is 3.72. The van der Waals surface area contributed by atoms with Gasteiger partial charge in [-0.1, -0.05) is 24.1 Å². The van der Waals surface area contributed by atoms with E-state index in [4.69, 9.17) is 16.3 Å². The molecule has 0 bridgehead atoms. The van der Waals surface area contributed by atoms with Crippen LogP contribution in [0.15, 0.2) is 18.2 Å². The quantitative estimate of drug-likeness (QED) is 0.870. The fourth-order valence-corrected chi connectivity index (χ4v) is 2.59. The Bertz CT molecular complexity index is 363. The predicted octanol–water partition coefficient (Wildman–Crippen LogP) is 3.41. The zero-order valence-corrected chi connectivity index (χ0v) is 10.6. The van der Waals surface area contributed by atoms with Crippen LogP contribution in [0, 0.1) is 5.92 Å². The molecule has 1 fully saturated rings. The maximum Gasteiger partial charge on any atom is 0.137 e. The van der Waals surface area contributed by atoms with Gasteiger partial charge in [0.25, 0.3) is 0 Å². The zero-order chi connectivity index (χ0) is 11.5. The summed E-state index contributed by atoms with van der Waals surface area (Å²) in [6.07, 6.45) is 3.98. The molecule has 0 saturated heterocycles. The van der Waals surface area contributed by atoms with E-state index < -0.39 is 0 Å². The van der Waals surface area contributed by atoms with Crippen LogP contribution in [-0.2, 0) is 0 Å². The predicted molar refractivity (Wildman–Crippen MR) is 67.1 cm³/mol. The van der Waals surface area contributed by atoms with Gasteiger partial charge in [0.2, 0.25) is 0 Å². The molecule has 0 spiro atoms. The second kappa shape index (κ2) is 5.07. The summed E-state index contributed by atoms with van der Waals surface area (Å²) in [6.45, 7) is 0. The largest absolute Gasteiger partial charge is 0.495 e. The topological polar surface area (TPSA) is 21.3 Å². The maximum atomic E-state index is 6.14. The molecule has 1 aliphatic carbocycles. The fourth-order valence-electron chi connectivity index (χ4n) is 2.32. The van der Waals surface area contributed by atoms with Crippen molar-refractivity contribution in [1.82, 2.24) is 5.32 Å². The van der Waals surface area contributed by atoms with Crippen LogP contribution in [0.3, 0.4) is 0 Å². The van der Waals surface area contributed by atoms with Crippen LogP contribution in [0.5, 0.6) is 5.75 Å². The lowest BCUT2D eigenvalue weighted by Crippen LogP contribution is -2.29. The molecular formula is C13H18ClNO. The summed E-state index contributed by atoms with van der Waals surface area (Å²) < 4.78 is 5.16. The van der Waals surface area contributed by atoms with Crippen molar-refractivity contribution < 1.29 is 4.74 Å². The molecule has 1 unspecified atom stereocenters. The molecular weight excluding hydrogens is 222 g/mol. The number of ether oxygens (including phenoxy) is 1. The molecule has 2 rings (SSSR count). The molecule has 2 nitrogen and oxygen atoms in total. The van der Waals surface area contributed by atoms with Gasteiger partial charge in [0.1, 0.15) is 5.75 Å². The summed E-state index contributed by atoms with van der Waals surface area (Å²) in [7, 11) is 3.66. The Hall–Kier alpha value is -0.730. The van der Waals surface area contributed by atoms with Crippen molar-refractivity contribution >= 4 is 11.6 Å². The first-order valence-electron chi connectivity index (χ1n) is 5.77. The number of nitrogens with one attached hydrogen (secondary N) is 1. The van der Waals surface area contributed by atoms with E-state index in [0.29, 0.717) is 11.1 Å². The highest BCUT2D eigenvalue weighted by Gasteiger charge is 2.27. The molecule has 1 aromatic rings. The van der Waals surface area contributed by atoms with E-state index in [2.05, 4.69) is 11.4 Å². The molecule has 0 aromatic heterocycles. The number of halogens is 1. The third kappa shape index (κ3) is 2.18. The molecule has 1 aromatic carbocycles. The molecule has 0 amide bonds. The molecule has 0 heterocycles. The van der Waals surface area contributed by atoms with Crippen LogP contribution >= 0.6 is 11.6 Å². The normalized spacial score (nSPS) is 17.9. The molecule has 1 saturated carbocycles. The monoisotopic (exact) mass is 239 g/mol. The van der Waals surface area contributed by atoms with Crippen molar-refractivity contribution in [2.24, 2.45) is 5.92 Å². The number of hydrogen-bond donors (Lipinski definition) is 1. The first-order chi connectivity index (χ1) is 7.76. The van der Waals surface area contributed by atoms with Crippen LogP contribution < -0.4 is 10.1 Å². The number of rotatable bonds is 4. The minimum absolute atomic E-state index is 0.428. The smallest absolute Gasteiger partial charge is 0.137 e. The van der Waals surface area contributed by atoms with E-state index in [1.54, 1.807) is 7.11 Å². The second-order valence-electron chi connectivity index (χ2n) is 4.35. The highest BCUT2D eigenvalue weighted by molar-refractivity contribution is 6.32. The van der Waals surface area contributed by atoms with Crippen molar-refractivity contribution in [2.45, 2.75) is 25.3 Å². The highest BCUT2D eigenvalue weighted by Crippen LogP contribution is 2.39. The van der Waals surface area contributed by atoms with E-state index in [9.17, 15) is 0 Å². The summed E-state index contributed by atoms with van der Waals surface area (Å²) in [5.41, 5.74) is 1.26. The lowest BCUT2D eigenvalue weighted by molar-refractivity contribution is 0.239. The van der Waals surface area contributed by atoms with Crippen LogP contribution in [0.25, 0.3) is 0 Å². The Morgan fingerprint density at radius 2 is 2.19 bits per heavy atom. The first-order valence-corrected chi connectivity index (χ1v) is 6.14. The molecule has 3 heteroatoms. The van der Waals surface area contributed by atoms with Gasteiger partial charge in [-0.05, 0) is 43.5 Å². The van der Waals surface area contributed by atoms with E-state index in [0.717, 1.165) is 11.7 Å². The second-order valence-corrected chi connectivity index (χ2v) is 4.76. The molecule has 0 aliphatic heterocycles. The van der Waals surface area contributed by atoms with Gasteiger partial charge >= 0.3 is 0 Å². The van der Waals surface area contributed by atoms with Gasteiger partial charge in [-0.3, -0.25) is 0 Å². The van der Waals surface area contributed by atoms with Gasteiger partial charge in [-0.2, -0.15) is 0 Å². The minimum atomic E-state index is 0.428. The molecule has 1 aliphatic rings. The van der Waals surface area contributed by atoms with E-state index >= 15 is 0 Å². The lowest BCUT2D eigenvalue weighted by atomic mass is 9.77. The Morgan fingerprint density at radius 1 is 1.44 bits per heavy atom. The van der Waals surface area contributed by atoms with Gasteiger partial charge in [-0.25, -0.2) is 0 Å². The SMILES string of the molecule is CNC(c1ccc(OC)c(Cl)c1)C1CCC1. The average Bonchev–Trinajstić information content (AvgIpc) is 2.23. The maximum absolute atomic E-state index is 6.14. The Morgan fingerprint density at radius 3 is 2.62 bits per heavy atom. The average molecular weight is 240 g/mol. The van der Waals surface area contributed by atoms with E-state index in [-0.39, 0.29) is 0 Å². The molecule has 16 heavy (non-hydrogen) atoms. The standard InChI is InChI=1S/C13H18ClNO/c1-15-13(9-4-3-5-9)10-6-7-12(16-2)11(14)8-10/h6-9,13,15H,3-5H2,1-2H3. The Labute approximate surface area is 102 Å². The zero-order valence-electron chi connectivity index (χ0n) is 9.79. The lowest BCUT2D eigenvalue weighted by Gasteiger charge is -2.34. The number of hydrogen-bond acceptors (Lipinski definition) is 2. The van der Waals surface area contributed by atoms with Gasteiger partial charge in [0.05, 0.1) is 12.1 Å². The van der Waals surface area contributed by atoms with Crippen molar-refractivity contribution in [3.8, 4) is 5.75 Å². The van der Waals surface area contributed by atoms with Gasteiger partial charge in [-0.15, -0.1) is 0 Å². The summed E-state index contributed by atoms with van der Waals surface area (Å²) in [5, 5.41) is 4.08. The van der Waals surface area contributed by atoms with Crippen molar-refractivity contribution in [3.63, 3.8) is 0 Å². The van der Waals surface area contributed by atoms with Gasteiger partial charge in [0.15, 0.2) is 0 Å².